The first-order valence-electron chi connectivity index (χ1n) is 25.0. The number of allylic oxidation sites excluding steroid dienone is 2. The minimum absolute atomic E-state index is 0.154. The maximum Gasteiger partial charge on any atom is 0.222 e. The lowest BCUT2D eigenvalue weighted by atomic mass is 9.98. The predicted octanol–water partition coefficient (Wildman–Crippen LogP) is 9.58. The van der Waals surface area contributed by atoms with Crippen molar-refractivity contribution in [2.75, 3.05) is 6.54 Å². The molecule has 6 unspecified atom stereocenters. The molecule has 0 aromatic rings. The molecule has 1 fully saturated rings. The van der Waals surface area contributed by atoms with Gasteiger partial charge in [-0.2, -0.15) is 0 Å². The van der Waals surface area contributed by atoms with Crippen molar-refractivity contribution in [1.29, 1.82) is 0 Å². The highest BCUT2D eigenvalue weighted by molar-refractivity contribution is 5.76. The molecular weight excluding hydrogens is 761 g/mol. The quantitative estimate of drug-likeness (QED) is 0.0179. The fourth-order valence-electron chi connectivity index (χ4n) is 8.00. The number of nitrogens with one attached hydrogen (secondary N) is 2. The number of carbonyl (C=O) groups is 2. The van der Waals surface area contributed by atoms with Crippen molar-refractivity contribution in [3.8, 4) is 0 Å². The summed E-state index contributed by atoms with van der Waals surface area (Å²) in [6, 6.07) is 0. The van der Waals surface area contributed by atoms with E-state index in [-0.39, 0.29) is 24.8 Å². The Balaban J connectivity index is 2.42. The molecule has 11 nitrogen and oxygen atoms in total. The van der Waals surface area contributed by atoms with E-state index in [2.05, 4.69) is 36.6 Å². The summed E-state index contributed by atoms with van der Waals surface area (Å²) in [5.41, 5.74) is 0. The molecule has 0 aromatic heterocycles. The smallest absolute Gasteiger partial charge is 0.222 e. The van der Waals surface area contributed by atoms with E-state index in [4.69, 9.17) is 9.47 Å². The average molecular weight is 855 g/mol. The van der Waals surface area contributed by atoms with Crippen molar-refractivity contribution in [3.63, 3.8) is 0 Å². The van der Waals surface area contributed by atoms with Crippen molar-refractivity contribution in [1.82, 2.24) is 10.6 Å². The molecule has 0 aromatic carbocycles. The van der Waals surface area contributed by atoms with Gasteiger partial charge in [0.25, 0.3) is 0 Å². The predicted molar refractivity (Wildman–Crippen MR) is 243 cm³/mol. The van der Waals surface area contributed by atoms with Crippen LogP contribution < -0.4 is 10.6 Å². The van der Waals surface area contributed by atoms with Crippen LogP contribution in [-0.2, 0) is 19.1 Å². The van der Waals surface area contributed by atoms with Crippen LogP contribution in [-0.4, -0.2) is 93.0 Å². The second-order valence-electron chi connectivity index (χ2n) is 17.8. The number of aliphatic hydroxyl groups excluding tert-OH is 5. The molecule has 60 heavy (non-hydrogen) atoms. The largest absolute Gasteiger partial charge is 0.390 e. The van der Waals surface area contributed by atoms with Gasteiger partial charge in [0.2, 0.25) is 11.8 Å². The van der Waals surface area contributed by atoms with Crippen LogP contribution in [0, 0.1) is 0 Å². The zero-order valence-corrected chi connectivity index (χ0v) is 38.7. The minimum atomic E-state index is -1.71. The number of carbonyl (C=O) groups excluding carboxylic acids is 2. The van der Waals surface area contributed by atoms with E-state index in [1.165, 1.54) is 155 Å². The zero-order chi connectivity index (χ0) is 44.1. The van der Waals surface area contributed by atoms with Crippen molar-refractivity contribution in [3.05, 3.63) is 12.2 Å². The van der Waals surface area contributed by atoms with Gasteiger partial charge in [-0.1, -0.05) is 193 Å². The molecule has 11 heteroatoms. The van der Waals surface area contributed by atoms with Gasteiger partial charge in [-0.05, 0) is 38.5 Å². The maximum atomic E-state index is 13.1. The summed E-state index contributed by atoms with van der Waals surface area (Å²) in [5.74, 6) is -0.741. The lowest BCUT2D eigenvalue weighted by molar-refractivity contribution is -0.316. The summed E-state index contributed by atoms with van der Waals surface area (Å²) >= 11 is 0. The van der Waals surface area contributed by atoms with Crippen LogP contribution >= 0.6 is 0 Å². The maximum absolute atomic E-state index is 13.1. The molecule has 0 spiro atoms. The molecule has 7 N–H and O–H groups in total. The molecule has 1 heterocycles. The summed E-state index contributed by atoms with van der Waals surface area (Å²) in [5, 5.41) is 59.1. The highest BCUT2D eigenvalue weighted by Gasteiger charge is 2.46. The number of hydrogen-bond acceptors (Lipinski definition) is 9. The van der Waals surface area contributed by atoms with Gasteiger partial charge in [0.1, 0.15) is 30.5 Å². The van der Waals surface area contributed by atoms with Gasteiger partial charge < -0.3 is 45.6 Å². The van der Waals surface area contributed by atoms with Crippen LogP contribution in [0.3, 0.4) is 0 Å². The summed E-state index contributed by atoms with van der Waals surface area (Å²) in [6.45, 7) is 5.64. The van der Waals surface area contributed by atoms with E-state index >= 15 is 0 Å². The Bertz CT molecular complexity index is 1030. The third kappa shape index (κ3) is 29.7. The lowest BCUT2D eigenvalue weighted by Gasteiger charge is -2.42. The van der Waals surface area contributed by atoms with E-state index in [9.17, 15) is 35.1 Å². The van der Waals surface area contributed by atoms with Crippen LogP contribution in [0.4, 0.5) is 0 Å². The molecule has 0 aliphatic carbocycles. The molecule has 354 valence electrons. The van der Waals surface area contributed by atoms with Crippen LogP contribution in [0.2, 0.25) is 0 Å². The topological polar surface area (TPSA) is 178 Å². The average Bonchev–Trinajstić information content (AvgIpc) is 3.23. The van der Waals surface area contributed by atoms with Crippen molar-refractivity contribution in [2.24, 2.45) is 0 Å². The third-order valence-electron chi connectivity index (χ3n) is 12.0. The molecule has 1 saturated heterocycles. The number of ether oxygens (including phenoxy) is 2. The number of hydrogen-bond donors (Lipinski definition) is 7. The Morgan fingerprint density at radius 3 is 1.45 bits per heavy atom. The first kappa shape index (κ1) is 56.4. The second kappa shape index (κ2) is 39.0. The number of unbranched alkanes of at least 4 members (excludes halogenated alkanes) is 28. The number of amides is 2. The van der Waals surface area contributed by atoms with E-state index in [1.54, 1.807) is 0 Å². The lowest BCUT2D eigenvalue weighted by Crippen LogP contribution is -2.63. The Kier molecular flexibility index (Phi) is 36.7. The molecule has 0 saturated carbocycles. The third-order valence-corrected chi connectivity index (χ3v) is 12.0. The van der Waals surface area contributed by atoms with Gasteiger partial charge in [0, 0.05) is 19.9 Å². The molecule has 1 rings (SSSR count). The second-order valence-corrected chi connectivity index (χ2v) is 17.8. The fourth-order valence-corrected chi connectivity index (χ4v) is 8.00. The first-order chi connectivity index (χ1) is 29.1. The summed E-state index contributed by atoms with van der Waals surface area (Å²) in [4.78, 5) is 24.6. The van der Waals surface area contributed by atoms with Gasteiger partial charge in [0.15, 0.2) is 12.5 Å². The highest BCUT2D eigenvalue weighted by atomic mass is 16.7. The number of rotatable bonds is 41. The molecule has 2 amide bonds. The standard InChI is InChI=1S/C49H94N2O9/c1-4-6-8-10-12-14-16-18-19-20-21-22-23-24-25-26-28-30-32-34-36-38-43(54)51-48(60-49-47(58)46(57)45(56)42(59-49)39-50-40(3)52)44(55)41(53)37-35-33-31-29-27-17-15-13-11-9-7-5-2/h18-19,41-42,44-49,53,55-58H,4-17,20-39H2,1-3H3,(H,50,52)(H,51,54)/t41-,42?,44?,45?,46?,47?,48+,49?/m1/s1. The Labute approximate surface area is 366 Å². The molecule has 1 aliphatic heterocycles. The Hall–Kier alpha value is -1.60. The summed E-state index contributed by atoms with van der Waals surface area (Å²) < 4.78 is 11.6. The van der Waals surface area contributed by atoms with Crippen molar-refractivity contribution in [2.45, 2.75) is 282 Å². The van der Waals surface area contributed by atoms with Crippen LogP contribution in [0.5, 0.6) is 0 Å². The summed E-state index contributed by atoms with van der Waals surface area (Å²) in [6.07, 6.45) is 30.8. The van der Waals surface area contributed by atoms with Crippen molar-refractivity contribution < 1.29 is 44.6 Å². The van der Waals surface area contributed by atoms with Gasteiger partial charge in [-0.15, -0.1) is 0 Å². The van der Waals surface area contributed by atoms with E-state index < -0.39 is 49.1 Å². The molecule has 0 bridgehead atoms. The summed E-state index contributed by atoms with van der Waals surface area (Å²) in [7, 11) is 0. The van der Waals surface area contributed by atoms with Gasteiger partial charge in [0.05, 0.1) is 6.10 Å². The van der Waals surface area contributed by atoms with E-state index in [0.29, 0.717) is 19.3 Å². The first-order valence-corrected chi connectivity index (χ1v) is 25.0. The van der Waals surface area contributed by atoms with Crippen molar-refractivity contribution >= 4 is 11.8 Å². The van der Waals surface area contributed by atoms with Crippen LogP contribution in [0.1, 0.15) is 233 Å². The normalized spacial score (nSPS) is 21.0. The van der Waals surface area contributed by atoms with Gasteiger partial charge >= 0.3 is 0 Å². The minimum Gasteiger partial charge on any atom is -0.390 e. The number of aliphatic hydroxyl groups is 5. The monoisotopic (exact) mass is 855 g/mol. The van der Waals surface area contributed by atoms with E-state index in [1.807, 2.05) is 0 Å². The molecular formula is C49H94N2O9. The molecule has 0 radical (unpaired) electrons. The zero-order valence-electron chi connectivity index (χ0n) is 38.7. The van der Waals surface area contributed by atoms with E-state index in [0.717, 1.165) is 38.5 Å². The Morgan fingerprint density at radius 1 is 0.583 bits per heavy atom. The van der Waals surface area contributed by atoms with Crippen LogP contribution in [0.15, 0.2) is 12.2 Å². The Morgan fingerprint density at radius 2 is 1.00 bits per heavy atom. The highest BCUT2D eigenvalue weighted by Crippen LogP contribution is 2.25. The van der Waals surface area contributed by atoms with Crippen LogP contribution in [0.25, 0.3) is 0 Å². The molecule has 8 atom stereocenters. The fraction of sp³-hybridized carbons (Fsp3) is 0.918. The molecule has 1 aliphatic rings. The van der Waals surface area contributed by atoms with Gasteiger partial charge in [-0.3, -0.25) is 9.59 Å². The van der Waals surface area contributed by atoms with Gasteiger partial charge in [-0.25, -0.2) is 0 Å². The SMILES string of the molecule is CCCCCCCCC=CCCCCCCCCCCCCCC(=O)N[C@@H](OC1OC(CNC(C)=O)C(O)C(O)C1O)C(O)[C@H](O)CCCCCCCCCCCCCC.